The zero-order chi connectivity index (χ0) is 9.42. The number of aromatic amines is 1. The van der Waals surface area contributed by atoms with Crippen molar-refractivity contribution in [2.24, 2.45) is 0 Å². The summed E-state index contributed by atoms with van der Waals surface area (Å²) in [6.07, 6.45) is 3.03. The molecule has 0 amide bonds. The second-order valence-electron chi connectivity index (χ2n) is 2.56. The van der Waals surface area contributed by atoms with Gasteiger partial charge in [-0.2, -0.15) is 0 Å². The molecule has 0 aliphatic rings. The van der Waals surface area contributed by atoms with Gasteiger partial charge in [-0.3, -0.25) is 4.79 Å². The van der Waals surface area contributed by atoms with Crippen molar-refractivity contribution in [3.05, 3.63) is 17.2 Å². The minimum absolute atomic E-state index is 0.154. The number of carbonyl (C=O) groups excluding carboxylic acids is 1. The highest BCUT2D eigenvalue weighted by Crippen LogP contribution is 2.08. The van der Waals surface area contributed by atoms with Crippen LogP contribution in [0, 0.1) is 4.64 Å². The molecule has 0 bridgehead atoms. The van der Waals surface area contributed by atoms with E-state index in [0.29, 0.717) is 15.7 Å². The van der Waals surface area contributed by atoms with Gasteiger partial charge in [0, 0.05) is 13.1 Å². The van der Waals surface area contributed by atoms with E-state index in [0.717, 1.165) is 0 Å². The molecule has 0 radical (unpaired) electrons. The van der Waals surface area contributed by atoms with Crippen molar-refractivity contribution >= 4 is 29.2 Å². The number of fused-ring (bicyclic) bond motifs is 1. The van der Waals surface area contributed by atoms with E-state index < -0.39 is 0 Å². The Labute approximate surface area is 78.4 Å². The average Bonchev–Trinajstić information content (AvgIpc) is 2.49. The fraction of sp³-hybridized carbons (Fsp3) is 0.143. The second-order valence-corrected chi connectivity index (χ2v) is 2.95. The van der Waals surface area contributed by atoms with Gasteiger partial charge in [0.2, 0.25) is 5.91 Å². The lowest BCUT2D eigenvalue weighted by Crippen LogP contribution is -2.05. The van der Waals surface area contributed by atoms with Crippen LogP contribution in [0.5, 0.6) is 0 Å². The summed E-state index contributed by atoms with van der Waals surface area (Å²) in [4.78, 5) is 17.6. The molecular formula is C7H6N4OS. The molecule has 1 N–H and O–H groups in total. The van der Waals surface area contributed by atoms with Crippen molar-refractivity contribution in [2.45, 2.75) is 6.92 Å². The van der Waals surface area contributed by atoms with Crippen LogP contribution in [0.3, 0.4) is 0 Å². The molecule has 0 aliphatic heterocycles. The topological polar surface area (TPSA) is 63.6 Å². The molecule has 0 aliphatic carbocycles. The van der Waals surface area contributed by atoms with E-state index in [9.17, 15) is 4.79 Å². The second kappa shape index (κ2) is 2.74. The van der Waals surface area contributed by atoms with E-state index in [4.69, 9.17) is 12.2 Å². The fourth-order valence-electron chi connectivity index (χ4n) is 1.02. The van der Waals surface area contributed by atoms with E-state index in [1.165, 1.54) is 17.9 Å². The summed E-state index contributed by atoms with van der Waals surface area (Å²) in [6.45, 7) is 1.43. The molecule has 6 heteroatoms. The van der Waals surface area contributed by atoms with Crippen molar-refractivity contribution in [3.8, 4) is 0 Å². The molecule has 2 aromatic heterocycles. The Hall–Kier alpha value is -1.56. The summed E-state index contributed by atoms with van der Waals surface area (Å²) in [5.41, 5.74) is 0.579. The third-order valence-electron chi connectivity index (χ3n) is 1.65. The quantitative estimate of drug-likeness (QED) is 0.639. The van der Waals surface area contributed by atoms with Crippen LogP contribution in [0.15, 0.2) is 12.5 Å². The van der Waals surface area contributed by atoms with Gasteiger partial charge in [-0.05, 0) is 0 Å². The van der Waals surface area contributed by atoms with Crippen LogP contribution in [-0.2, 0) is 0 Å². The molecule has 0 saturated heterocycles. The van der Waals surface area contributed by atoms with Crippen LogP contribution in [0.1, 0.15) is 11.7 Å². The smallest absolute Gasteiger partial charge is 0.243 e. The van der Waals surface area contributed by atoms with E-state index >= 15 is 0 Å². The Kier molecular flexibility index (Phi) is 1.70. The standard InChI is InChI=1S/C7H6N4OS/c1-4(12)11-2-5-6(10-11)8-3-9-7(5)13/h2-3H,1H3,(H,8,9,10,13). The van der Waals surface area contributed by atoms with Crippen molar-refractivity contribution in [3.63, 3.8) is 0 Å². The maximum absolute atomic E-state index is 11.0. The molecule has 0 unspecified atom stereocenters. The Morgan fingerprint density at radius 1 is 1.69 bits per heavy atom. The average molecular weight is 194 g/mol. The van der Waals surface area contributed by atoms with Gasteiger partial charge in [0.05, 0.1) is 11.7 Å². The number of aromatic nitrogens is 4. The molecule has 0 aromatic carbocycles. The predicted octanol–water partition coefficient (Wildman–Crippen LogP) is 1.15. The lowest BCUT2D eigenvalue weighted by atomic mass is 10.4. The van der Waals surface area contributed by atoms with Gasteiger partial charge in [0.1, 0.15) is 4.64 Å². The Morgan fingerprint density at radius 2 is 2.46 bits per heavy atom. The summed E-state index contributed by atoms with van der Waals surface area (Å²) < 4.78 is 1.68. The molecule has 2 heterocycles. The summed E-state index contributed by atoms with van der Waals surface area (Å²) in [5, 5.41) is 4.67. The first-order valence-electron chi connectivity index (χ1n) is 3.62. The van der Waals surface area contributed by atoms with Crippen LogP contribution >= 0.6 is 12.2 Å². The maximum Gasteiger partial charge on any atom is 0.243 e. The van der Waals surface area contributed by atoms with Crippen LogP contribution in [-0.4, -0.2) is 25.7 Å². The van der Waals surface area contributed by atoms with E-state index in [-0.39, 0.29) is 5.91 Å². The van der Waals surface area contributed by atoms with Crippen molar-refractivity contribution in [2.75, 3.05) is 0 Å². The molecule has 13 heavy (non-hydrogen) atoms. The highest BCUT2D eigenvalue weighted by molar-refractivity contribution is 7.71. The molecule has 2 rings (SSSR count). The first-order chi connectivity index (χ1) is 6.18. The summed E-state index contributed by atoms with van der Waals surface area (Å²) in [5.74, 6) is -0.154. The largest absolute Gasteiger partial charge is 0.329 e. The Bertz CT molecular complexity index is 527. The summed E-state index contributed by atoms with van der Waals surface area (Å²) in [6, 6.07) is 0. The minimum Gasteiger partial charge on any atom is -0.329 e. The third-order valence-corrected chi connectivity index (χ3v) is 1.98. The van der Waals surface area contributed by atoms with Crippen LogP contribution in [0.2, 0.25) is 0 Å². The van der Waals surface area contributed by atoms with E-state index in [1.807, 2.05) is 0 Å². The normalized spacial score (nSPS) is 10.5. The monoisotopic (exact) mass is 194 g/mol. The molecule has 5 nitrogen and oxygen atoms in total. The third kappa shape index (κ3) is 1.25. The van der Waals surface area contributed by atoms with Crippen LogP contribution in [0.25, 0.3) is 11.0 Å². The van der Waals surface area contributed by atoms with Gasteiger partial charge >= 0.3 is 0 Å². The predicted molar refractivity (Wildman–Crippen MR) is 49.0 cm³/mol. The number of nitrogens with one attached hydrogen (secondary N) is 1. The zero-order valence-corrected chi connectivity index (χ0v) is 7.63. The molecule has 0 saturated carbocycles. The Morgan fingerprint density at radius 3 is 3.08 bits per heavy atom. The van der Waals surface area contributed by atoms with Gasteiger partial charge in [-0.1, -0.05) is 12.2 Å². The number of H-pyrrole nitrogens is 1. The van der Waals surface area contributed by atoms with Crippen molar-refractivity contribution in [1.82, 2.24) is 19.7 Å². The van der Waals surface area contributed by atoms with Crippen molar-refractivity contribution < 1.29 is 4.79 Å². The van der Waals surface area contributed by atoms with E-state index in [2.05, 4.69) is 15.1 Å². The van der Waals surface area contributed by atoms with Crippen molar-refractivity contribution in [1.29, 1.82) is 0 Å². The number of nitrogens with zero attached hydrogens (tertiary/aromatic N) is 3. The number of hydrogen-bond acceptors (Lipinski definition) is 4. The number of hydrogen-bond donors (Lipinski definition) is 1. The first kappa shape index (κ1) is 8.06. The lowest BCUT2D eigenvalue weighted by molar-refractivity contribution is 0.0922. The first-order valence-corrected chi connectivity index (χ1v) is 4.03. The van der Waals surface area contributed by atoms with Crippen LogP contribution < -0.4 is 0 Å². The number of carbonyl (C=O) groups is 1. The molecule has 0 fully saturated rings. The van der Waals surface area contributed by atoms with Gasteiger partial charge in [-0.25, -0.2) is 9.67 Å². The summed E-state index contributed by atoms with van der Waals surface area (Å²) >= 11 is 4.96. The zero-order valence-electron chi connectivity index (χ0n) is 6.81. The van der Waals surface area contributed by atoms with Gasteiger partial charge < -0.3 is 4.98 Å². The highest BCUT2D eigenvalue weighted by atomic mass is 32.1. The fourth-order valence-corrected chi connectivity index (χ4v) is 1.22. The molecule has 0 spiro atoms. The van der Waals surface area contributed by atoms with E-state index in [1.54, 1.807) is 6.20 Å². The van der Waals surface area contributed by atoms with Crippen LogP contribution in [0.4, 0.5) is 0 Å². The molecular weight excluding hydrogens is 188 g/mol. The van der Waals surface area contributed by atoms with Gasteiger partial charge in [-0.15, -0.1) is 5.10 Å². The molecule has 66 valence electrons. The van der Waals surface area contributed by atoms with Gasteiger partial charge in [0.25, 0.3) is 0 Å². The molecule has 0 atom stereocenters. The molecule has 2 aromatic rings. The SMILES string of the molecule is CC(=O)n1cc2c(=S)nc[nH]c2n1. The number of rotatable bonds is 0. The minimum atomic E-state index is -0.154. The maximum atomic E-state index is 11.0. The summed E-state index contributed by atoms with van der Waals surface area (Å²) in [7, 11) is 0. The van der Waals surface area contributed by atoms with Gasteiger partial charge in [0.15, 0.2) is 5.65 Å². The highest BCUT2D eigenvalue weighted by Gasteiger charge is 2.04. The lowest BCUT2D eigenvalue weighted by Gasteiger charge is -1.87. The Balaban J connectivity index is 2.83.